The Hall–Kier alpha value is -2.95. The number of hydrogen-bond donors (Lipinski definition) is 1. The van der Waals surface area contributed by atoms with E-state index in [9.17, 15) is 10.1 Å². The summed E-state index contributed by atoms with van der Waals surface area (Å²) in [6.45, 7) is 11.0. The van der Waals surface area contributed by atoms with Crippen LogP contribution in [0.15, 0.2) is 35.8 Å². The molecule has 1 atom stereocenters. The maximum Gasteiger partial charge on any atom is 0.341 e. The minimum absolute atomic E-state index is 0.216. The van der Waals surface area contributed by atoms with Crippen molar-refractivity contribution in [2.75, 3.05) is 11.9 Å². The van der Waals surface area contributed by atoms with E-state index in [1.807, 2.05) is 24.4 Å². The van der Waals surface area contributed by atoms with Gasteiger partial charge in [0.2, 0.25) is 0 Å². The zero-order valence-corrected chi connectivity index (χ0v) is 22.5. The lowest BCUT2D eigenvalue weighted by molar-refractivity contribution is 0.0526. The summed E-state index contributed by atoms with van der Waals surface area (Å²) in [5.74, 6) is 0.266. The molecule has 0 unspecified atom stereocenters. The van der Waals surface area contributed by atoms with Crippen LogP contribution in [-0.4, -0.2) is 17.6 Å². The number of aryl methyl sites for hydroxylation is 1. The number of thiophene rings is 1. The summed E-state index contributed by atoms with van der Waals surface area (Å²) < 4.78 is 5.40. The molecule has 5 nitrogen and oxygen atoms in total. The normalized spacial score (nSPS) is 15.9. The Labute approximate surface area is 215 Å². The fourth-order valence-electron chi connectivity index (χ4n) is 4.38. The van der Waals surface area contributed by atoms with Crippen molar-refractivity contribution in [3.8, 4) is 17.3 Å². The molecule has 1 aliphatic rings. The van der Waals surface area contributed by atoms with Gasteiger partial charge in [-0.15, -0.1) is 22.7 Å². The monoisotopic (exact) mass is 505 g/mol. The number of aromatic nitrogens is 1. The van der Waals surface area contributed by atoms with Crippen LogP contribution in [0.2, 0.25) is 0 Å². The molecule has 1 aromatic carbocycles. The molecule has 0 fully saturated rings. The summed E-state index contributed by atoms with van der Waals surface area (Å²) in [7, 11) is 0. The van der Waals surface area contributed by atoms with E-state index in [1.54, 1.807) is 17.5 Å². The lowest BCUT2D eigenvalue weighted by Crippen LogP contribution is -2.26. The predicted molar refractivity (Wildman–Crippen MR) is 145 cm³/mol. The van der Waals surface area contributed by atoms with E-state index in [2.05, 4.69) is 56.2 Å². The molecule has 7 heteroatoms. The van der Waals surface area contributed by atoms with Crippen LogP contribution in [0.25, 0.3) is 16.8 Å². The Kier molecular flexibility index (Phi) is 7.44. The number of benzene rings is 1. The molecule has 1 aliphatic carbocycles. The van der Waals surface area contributed by atoms with Crippen molar-refractivity contribution in [2.24, 2.45) is 11.3 Å². The van der Waals surface area contributed by atoms with Gasteiger partial charge in [-0.3, -0.25) is 0 Å². The molecule has 0 radical (unpaired) electrons. The highest BCUT2D eigenvalue weighted by Crippen LogP contribution is 2.44. The Morgan fingerprint density at radius 2 is 2.06 bits per heavy atom. The Morgan fingerprint density at radius 1 is 1.31 bits per heavy atom. The van der Waals surface area contributed by atoms with E-state index in [1.165, 1.54) is 21.8 Å². The number of hydrogen-bond acceptors (Lipinski definition) is 7. The number of nitrogens with one attached hydrogen (secondary N) is 1. The molecule has 0 aliphatic heterocycles. The van der Waals surface area contributed by atoms with E-state index >= 15 is 0 Å². The van der Waals surface area contributed by atoms with Gasteiger partial charge in [0.05, 0.1) is 17.9 Å². The number of fused-ring (bicyclic) bond motifs is 1. The third-order valence-corrected chi connectivity index (χ3v) is 8.58. The van der Waals surface area contributed by atoms with Gasteiger partial charge in [-0.1, -0.05) is 50.6 Å². The highest BCUT2D eigenvalue weighted by atomic mass is 32.1. The smallest absolute Gasteiger partial charge is 0.341 e. The van der Waals surface area contributed by atoms with Crippen molar-refractivity contribution in [3.63, 3.8) is 0 Å². The molecule has 182 valence electrons. The number of anilines is 1. The number of carbonyl (C=O) groups is 1. The van der Waals surface area contributed by atoms with Crippen LogP contribution in [0.3, 0.4) is 0 Å². The first-order valence-electron chi connectivity index (χ1n) is 11.9. The van der Waals surface area contributed by atoms with Crippen molar-refractivity contribution in [1.29, 1.82) is 5.26 Å². The first-order valence-corrected chi connectivity index (χ1v) is 13.6. The van der Waals surface area contributed by atoms with Gasteiger partial charge >= 0.3 is 5.97 Å². The number of ether oxygens (including phenoxy) is 1. The molecule has 0 bridgehead atoms. The zero-order valence-electron chi connectivity index (χ0n) is 20.9. The van der Waals surface area contributed by atoms with Crippen LogP contribution >= 0.6 is 22.7 Å². The van der Waals surface area contributed by atoms with Gasteiger partial charge in [0, 0.05) is 22.0 Å². The van der Waals surface area contributed by atoms with Gasteiger partial charge in [0.25, 0.3) is 0 Å². The largest absolute Gasteiger partial charge is 0.462 e. The third kappa shape index (κ3) is 5.50. The minimum atomic E-state index is -0.301. The molecule has 35 heavy (non-hydrogen) atoms. The number of thiazole rings is 1. The van der Waals surface area contributed by atoms with Crippen molar-refractivity contribution < 1.29 is 9.53 Å². The van der Waals surface area contributed by atoms with Gasteiger partial charge in [0.1, 0.15) is 21.7 Å². The predicted octanol–water partition coefficient (Wildman–Crippen LogP) is 7.48. The highest BCUT2D eigenvalue weighted by Gasteiger charge is 2.34. The van der Waals surface area contributed by atoms with E-state index in [-0.39, 0.29) is 11.4 Å². The van der Waals surface area contributed by atoms with Crippen LogP contribution in [0.1, 0.15) is 65.5 Å². The Bertz CT molecular complexity index is 1290. The fourth-order valence-corrected chi connectivity index (χ4v) is 6.46. The molecular formula is C28H31N3O2S2. The maximum absolute atomic E-state index is 12.9. The van der Waals surface area contributed by atoms with Gasteiger partial charge in [-0.2, -0.15) is 5.26 Å². The van der Waals surface area contributed by atoms with Gasteiger partial charge < -0.3 is 10.1 Å². The average Bonchev–Trinajstić information content (AvgIpc) is 3.44. The van der Waals surface area contributed by atoms with Crippen LogP contribution in [-0.2, 0) is 17.6 Å². The summed E-state index contributed by atoms with van der Waals surface area (Å²) in [4.78, 5) is 18.8. The van der Waals surface area contributed by atoms with Crippen molar-refractivity contribution in [3.05, 3.63) is 62.4 Å². The summed E-state index contributed by atoms with van der Waals surface area (Å²) in [5.41, 5.74) is 5.42. The van der Waals surface area contributed by atoms with Crippen molar-refractivity contribution in [1.82, 2.24) is 4.98 Å². The first-order chi connectivity index (χ1) is 16.7. The van der Waals surface area contributed by atoms with Gasteiger partial charge in [-0.25, -0.2) is 9.78 Å². The zero-order chi connectivity index (χ0) is 25.2. The van der Waals surface area contributed by atoms with Crippen LogP contribution in [0.4, 0.5) is 5.00 Å². The summed E-state index contributed by atoms with van der Waals surface area (Å²) >= 11 is 3.04. The molecule has 0 spiro atoms. The number of rotatable bonds is 6. The average molecular weight is 506 g/mol. The molecule has 2 heterocycles. The van der Waals surface area contributed by atoms with E-state index in [4.69, 9.17) is 4.74 Å². The van der Waals surface area contributed by atoms with E-state index < -0.39 is 0 Å². The molecule has 0 saturated carbocycles. The summed E-state index contributed by atoms with van der Waals surface area (Å²) in [5, 5.41) is 16.5. The fraction of sp³-hybridized carbons (Fsp3) is 0.393. The van der Waals surface area contributed by atoms with Crippen LogP contribution < -0.4 is 5.32 Å². The Morgan fingerprint density at radius 3 is 2.71 bits per heavy atom. The topological polar surface area (TPSA) is 75.0 Å². The van der Waals surface area contributed by atoms with E-state index in [0.29, 0.717) is 28.7 Å². The van der Waals surface area contributed by atoms with Crippen molar-refractivity contribution in [2.45, 2.75) is 53.9 Å². The maximum atomic E-state index is 12.9. The second-order valence-electron chi connectivity index (χ2n) is 9.95. The second kappa shape index (κ2) is 10.3. The van der Waals surface area contributed by atoms with Gasteiger partial charge in [-0.05, 0) is 50.0 Å². The van der Waals surface area contributed by atoms with Gasteiger partial charge in [0.15, 0.2) is 0 Å². The second-order valence-corrected chi connectivity index (χ2v) is 11.9. The number of nitrogens with zero attached hydrogens (tertiary/aromatic N) is 2. The Balaban J connectivity index is 1.63. The minimum Gasteiger partial charge on any atom is -0.462 e. The van der Waals surface area contributed by atoms with Crippen molar-refractivity contribution >= 4 is 39.2 Å². The number of carbonyl (C=O) groups excluding carboxylic acids is 1. The molecule has 0 amide bonds. The number of allylic oxidation sites excluding steroid dienone is 1. The van der Waals surface area contributed by atoms with E-state index in [0.717, 1.165) is 41.1 Å². The molecule has 3 aromatic rings. The summed E-state index contributed by atoms with van der Waals surface area (Å²) in [6.07, 6.45) is 4.54. The molecule has 1 N–H and O–H groups in total. The standard InChI is InChI=1S/C28H31N3O2S2/c1-6-33-27(32)24-21-12-11-20(28(3,4)5)13-23(21)35-26(24)30-15-19(14-29)25-31-22(16-34-25)18-9-7-17(2)8-10-18/h7-10,15-16,20,30H,6,11-13H2,1-5H3/b19-15-/t20-/m0/s1. The quantitative estimate of drug-likeness (QED) is 0.277. The van der Waals surface area contributed by atoms with Crippen LogP contribution in [0, 0.1) is 29.6 Å². The lowest BCUT2D eigenvalue weighted by atomic mass is 9.72. The number of esters is 1. The highest BCUT2D eigenvalue weighted by molar-refractivity contribution is 7.16. The third-order valence-electron chi connectivity index (χ3n) is 6.52. The molecule has 0 saturated heterocycles. The molecule has 4 rings (SSSR count). The van der Waals surface area contributed by atoms with Crippen LogP contribution in [0.5, 0.6) is 0 Å². The molecular weight excluding hydrogens is 474 g/mol. The first kappa shape index (κ1) is 25.2. The SMILES string of the molecule is CCOC(=O)c1c(N/C=C(/C#N)c2nc(-c3ccc(C)cc3)cs2)sc2c1CC[C@H](C(C)(C)C)C2. The molecule has 2 aromatic heterocycles. The summed E-state index contributed by atoms with van der Waals surface area (Å²) in [6, 6.07) is 10.4. The lowest BCUT2D eigenvalue weighted by Gasteiger charge is -2.33. The number of nitriles is 1.